The van der Waals surface area contributed by atoms with E-state index in [0.29, 0.717) is 11.1 Å². The van der Waals surface area contributed by atoms with Gasteiger partial charge in [0, 0.05) is 5.57 Å². The minimum atomic E-state index is -0.382. The van der Waals surface area contributed by atoms with Gasteiger partial charge in [-0.2, -0.15) is 0 Å². The van der Waals surface area contributed by atoms with Gasteiger partial charge in [-0.05, 0) is 35.4 Å². The molecule has 0 amide bonds. The molecule has 1 heterocycles. The SMILES string of the molecule is COc1ccc(C2=C(c3ccc(F)cc3)C(=O)OC2)cc1. The van der Waals surface area contributed by atoms with Gasteiger partial charge < -0.3 is 9.47 Å². The molecule has 3 nitrogen and oxygen atoms in total. The maximum absolute atomic E-state index is 13.0. The van der Waals surface area contributed by atoms with Crippen LogP contribution in [-0.4, -0.2) is 19.7 Å². The second-order valence-corrected chi connectivity index (χ2v) is 4.67. The van der Waals surface area contributed by atoms with Gasteiger partial charge in [0.1, 0.15) is 18.2 Å². The van der Waals surface area contributed by atoms with E-state index in [0.717, 1.165) is 16.9 Å². The maximum atomic E-state index is 13.0. The summed E-state index contributed by atoms with van der Waals surface area (Å²) in [7, 11) is 1.60. The highest BCUT2D eigenvalue weighted by molar-refractivity contribution is 6.27. The van der Waals surface area contributed by atoms with Gasteiger partial charge in [-0.1, -0.05) is 24.3 Å². The molecule has 0 bridgehead atoms. The molecular weight excluding hydrogens is 271 g/mol. The zero-order valence-corrected chi connectivity index (χ0v) is 11.4. The zero-order valence-electron chi connectivity index (χ0n) is 11.4. The van der Waals surface area contributed by atoms with Gasteiger partial charge in [0.25, 0.3) is 0 Å². The first kappa shape index (κ1) is 13.4. The van der Waals surface area contributed by atoms with Crippen LogP contribution in [0.2, 0.25) is 0 Å². The Hall–Kier alpha value is -2.62. The van der Waals surface area contributed by atoms with Crippen LogP contribution in [0.15, 0.2) is 48.5 Å². The minimum Gasteiger partial charge on any atom is -0.497 e. The molecule has 0 N–H and O–H groups in total. The quantitative estimate of drug-likeness (QED) is 0.811. The van der Waals surface area contributed by atoms with Crippen molar-refractivity contribution < 1.29 is 18.7 Å². The van der Waals surface area contributed by atoms with Gasteiger partial charge in [-0.3, -0.25) is 0 Å². The molecule has 0 saturated carbocycles. The Morgan fingerprint density at radius 3 is 2.24 bits per heavy atom. The Morgan fingerprint density at radius 1 is 1.00 bits per heavy atom. The molecule has 0 saturated heterocycles. The van der Waals surface area contributed by atoms with Gasteiger partial charge in [0.2, 0.25) is 0 Å². The lowest BCUT2D eigenvalue weighted by atomic mass is 9.96. The topological polar surface area (TPSA) is 35.5 Å². The normalized spacial score (nSPS) is 14.3. The molecule has 0 aliphatic carbocycles. The lowest BCUT2D eigenvalue weighted by molar-refractivity contribution is -0.133. The van der Waals surface area contributed by atoms with Crippen LogP contribution in [0, 0.1) is 5.82 Å². The van der Waals surface area contributed by atoms with Crippen LogP contribution in [0.4, 0.5) is 4.39 Å². The molecule has 2 aromatic carbocycles. The van der Waals surface area contributed by atoms with Gasteiger partial charge >= 0.3 is 5.97 Å². The number of ether oxygens (including phenoxy) is 2. The van der Waals surface area contributed by atoms with Gasteiger partial charge in [-0.25, -0.2) is 9.18 Å². The molecule has 0 spiro atoms. The third-order valence-electron chi connectivity index (χ3n) is 3.42. The number of carbonyl (C=O) groups excluding carboxylic acids is 1. The third kappa shape index (κ3) is 2.52. The van der Waals surface area contributed by atoms with E-state index in [1.54, 1.807) is 19.2 Å². The van der Waals surface area contributed by atoms with Crippen LogP contribution in [0.5, 0.6) is 5.75 Å². The zero-order chi connectivity index (χ0) is 14.8. The third-order valence-corrected chi connectivity index (χ3v) is 3.42. The number of cyclic esters (lactones) is 1. The van der Waals surface area contributed by atoms with Crippen molar-refractivity contribution in [1.29, 1.82) is 0 Å². The van der Waals surface area contributed by atoms with Crippen LogP contribution in [0.25, 0.3) is 11.1 Å². The molecule has 3 rings (SSSR count). The number of esters is 1. The van der Waals surface area contributed by atoms with Crippen LogP contribution in [0.3, 0.4) is 0 Å². The van der Waals surface area contributed by atoms with Crippen LogP contribution in [0.1, 0.15) is 11.1 Å². The van der Waals surface area contributed by atoms with E-state index in [1.165, 1.54) is 12.1 Å². The number of methoxy groups -OCH3 is 1. The average Bonchev–Trinajstić information content (AvgIpc) is 2.90. The van der Waals surface area contributed by atoms with E-state index in [2.05, 4.69) is 0 Å². The number of carbonyl (C=O) groups is 1. The summed E-state index contributed by atoms with van der Waals surface area (Å²) in [5.74, 6) is 0.0251. The van der Waals surface area contributed by atoms with Gasteiger partial charge in [-0.15, -0.1) is 0 Å². The number of hydrogen-bond acceptors (Lipinski definition) is 3. The fourth-order valence-corrected chi connectivity index (χ4v) is 2.33. The summed E-state index contributed by atoms with van der Waals surface area (Å²) in [6.07, 6.45) is 0. The highest BCUT2D eigenvalue weighted by Crippen LogP contribution is 2.33. The summed E-state index contributed by atoms with van der Waals surface area (Å²) in [6.45, 7) is 0.220. The van der Waals surface area contributed by atoms with Crippen molar-refractivity contribution in [2.75, 3.05) is 13.7 Å². The Bertz CT molecular complexity index is 700. The molecule has 0 radical (unpaired) electrons. The molecule has 21 heavy (non-hydrogen) atoms. The molecule has 106 valence electrons. The summed E-state index contributed by atoms with van der Waals surface area (Å²) >= 11 is 0. The lowest BCUT2D eigenvalue weighted by Crippen LogP contribution is -1.98. The summed E-state index contributed by atoms with van der Waals surface area (Å²) in [5.41, 5.74) is 2.83. The number of benzene rings is 2. The molecule has 1 aliphatic heterocycles. The second-order valence-electron chi connectivity index (χ2n) is 4.67. The standard InChI is InChI=1S/C17H13FO3/c1-20-14-8-4-11(5-9-14)15-10-21-17(19)16(15)12-2-6-13(18)7-3-12/h2-9H,10H2,1H3. The van der Waals surface area contributed by atoms with E-state index in [1.807, 2.05) is 24.3 Å². The van der Waals surface area contributed by atoms with Crippen molar-refractivity contribution in [2.24, 2.45) is 0 Å². The second kappa shape index (κ2) is 5.40. The van der Waals surface area contributed by atoms with Crippen LogP contribution in [-0.2, 0) is 9.53 Å². The molecule has 0 fully saturated rings. The number of halogens is 1. The van der Waals surface area contributed by atoms with Crippen molar-refractivity contribution in [3.8, 4) is 5.75 Å². The molecule has 0 unspecified atom stereocenters. The summed E-state index contributed by atoms with van der Waals surface area (Å²) in [4.78, 5) is 12.0. The molecule has 4 heteroatoms. The summed E-state index contributed by atoms with van der Waals surface area (Å²) in [5, 5.41) is 0. The molecular formula is C17H13FO3. The molecule has 0 aromatic heterocycles. The van der Waals surface area contributed by atoms with E-state index in [9.17, 15) is 9.18 Å². The maximum Gasteiger partial charge on any atom is 0.339 e. The van der Waals surface area contributed by atoms with Crippen LogP contribution >= 0.6 is 0 Å². The fraction of sp³-hybridized carbons (Fsp3) is 0.118. The number of rotatable bonds is 3. The lowest BCUT2D eigenvalue weighted by Gasteiger charge is -2.06. The Kier molecular flexibility index (Phi) is 3.44. The predicted molar refractivity (Wildman–Crippen MR) is 77.2 cm³/mol. The van der Waals surface area contributed by atoms with Crippen molar-refractivity contribution in [2.45, 2.75) is 0 Å². The Labute approximate surface area is 121 Å². The molecule has 2 aromatic rings. The van der Waals surface area contributed by atoms with Crippen molar-refractivity contribution >= 4 is 17.1 Å². The van der Waals surface area contributed by atoms with Crippen molar-refractivity contribution in [3.63, 3.8) is 0 Å². The summed E-state index contributed by atoms with van der Waals surface area (Å²) in [6, 6.07) is 13.2. The Balaban J connectivity index is 2.07. The van der Waals surface area contributed by atoms with Gasteiger partial charge in [0.05, 0.1) is 12.7 Å². The first-order chi connectivity index (χ1) is 10.2. The smallest absolute Gasteiger partial charge is 0.339 e. The van der Waals surface area contributed by atoms with Gasteiger partial charge in [0.15, 0.2) is 0 Å². The molecule has 1 aliphatic rings. The highest BCUT2D eigenvalue weighted by Gasteiger charge is 2.27. The fourth-order valence-electron chi connectivity index (χ4n) is 2.33. The van der Waals surface area contributed by atoms with Crippen LogP contribution < -0.4 is 4.74 Å². The largest absolute Gasteiger partial charge is 0.497 e. The highest BCUT2D eigenvalue weighted by atomic mass is 19.1. The van der Waals surface area contributed by atoms with E-state index in [-0.39, 0.29) is 18.4 Å². The minimum absolute atomic E-state index is 0.220. The average molecular weight is 284 g/mol. The van der Waals surface area contributed by atoms with Crippen molar-refractivity contribution in [3.05, 3.63) is 65.5 Å². The van der Waals surface area contributed by atoms with Crippen molar-refractivity contribution in [1.82, 2.24) is 0 Å². The summed E-state index contributed by atoms with van der Waals surface area (Å²) < 4.78 is 23.3. The first-order valence-electron chi connectivity index (χ1n) is 6.49. The van der Waals surface area contributed by atoms with E-state index >= 15 is 0 Å². The van der Waals surface area contributed by atoms with E-state index < -0.39 is 0 Å². The van der Waals surface area contributed by atoms with E-state index in [4.69, 9.17) is 9.47 Å². The Morgan fingerprint density at radius 2 is 1.62 bits per heavy atom. The number of hydrogen-bond donors (Lipinski definition) is 0. The predicted octanol–water partition coefficient (Wildman–Crippen LogP) is 3.30. The monoisotopic (exact) mass is 284 g/mol. The molecule has 0 atom stereocenters. The first-order valence-corrected chi connectivity index (χ1v) is 6.49.